The van der Waals surface area contributed by atoms with Crippen LogP contribution >= 0.6 is 0 Å². The number of allylic oxidation sites excluding steroid dienone is 6. The summed E-state index contributed by atoms with van der Waals surface area (Å²) in [5, 5.41) is 0. The third-order valence-corrected chi connectivity index (χ3v) is 2.37. The second-order valence-electron chi connectivity index (χ2n) is 3.08. The van der Waals surface area contributed by atoms with Gasteiger partial charge in [0.05, 0.1) is 0 Å². The molecule has 1 atom stereocenters. The Morgan fingerprint density at radius 1 is 1.30 bits per heavy atom. The lowest BCUT2D eigenvalue weighted by Crippen LogP contribution is -1.80. The molecular formula is C9H6O. The van der Waals surface area contributed by atoms with Crippen LogP contribution in [0.2, 0.25) is 0 Å². The minimum absolute atomic E-state index is 0.173. The predicted octanol–water partition coefficient (Wildman–Crippen LogP) is 1.38. The zero-order valence-corrected chi connectivity index (χ0v) is 5.42. The molecule has 3 rings (SSSR count). The molecule has 1 nitrogen and oxygen atoms in total. The predicted molar refractivity (Wildman–Crippen MR) is 37.4 cm³/mol. The van der Waals surface area contributed by atoms with E-state index >= 15 is 0 Å². The summed E-state index contributed by atoms with van der Waals surface area (Å²) < 4.78 is 0. The van der Waals surface area contributed by atoms with Crippen LogP contribution in [0, 0.1) is 5.92 Å². The summed E-state index contributed by atoms with van der Waals surface area (Å²) in [7, 11) is 0. The first-order chi connectivity index (χ1) is 4.84. The highest BCUT2D eigenvalue weighted by molar-refractivity contribution is 6.06. The van der Waals surface area contributed by atoms with Gasteiger partial charge in [-0.2, -0.15) is 0 Å². The number of carbonyl (C=O) groups is 1. The Morgan fingerprint density at radius 2 is 2.20 bits per heavy atom. The van der Waals surface area contributed by atoms with Gasteiger partial charge in [0.25, 0.3) is 0 Å². The van der Waals surface area contributed by atoms with Crippen molar-refractivity contribution in [3.05, 3.63) is 34.9 Å². The molecule has 0 N–H and O–H groups in total. The van der Waals surface area contributed by atoms with Crippen LogP contribution in [-0.2, 0) is 4.79 Å². The first-order valence-electron chi connectivity index (χ1n) is 3.53. The van der Waals surface area contributed by atoms with Crippen LogP contribution in [-0.4, -0.2) is 5.78 Å². The number of fused-ring (bicyclic) bond motifs is 3. The van der Waals surface area contributed by atoms with Crippen molar-refractivity contribution in [1.82, 2.24) is 0 Å². The molecule has 0 radical (unpaired) electrons. The molecule has 3 aliphatic carbocycles. The summed E-state index contributed by atoms with van der Waals surface area (Å²) in [6, 6.07) is 0. The fraction of sp³-hybridized carbons (Fsp3) is 0.222. The molecule has 48 valence electrons. The molecule has 0 aromatic carbocycles. The van der Waals surface area contributed by atoms with Crippen LogP contribution in [0.3, 0.4) is 0 Å². The molecule has 0 aliphatic heterocycles. The Labute approximate surface area is 58.7 Å². The summed E-state index contributed by atoms with van der Waals surface area (Å²) in [6.45, 7) is 0. The fourth-order valence-corrected chi connectivity index (χ4v) is 1.79. The molecule has 1 heteroatoms. The van der Waals surface area contributed by atoms with E-state index in [-0.39, 0.29) is 5.78 Å². The molecule has 1 fully saturated rings. The standard InChI is InChI=1S/C9H6O/c10-7-2-5-1-6-3-8(6)9(5)4-7/h1-2,4,8H,3H2. The number of hydrogen-bond donors (Lipinski definition) is 0. The molecule has 0 aromatic rings. The van der Waals surface area contributed by atoms with Crippen LogP contribution in [0.15, 0.2) is 34.9 Å². The lowest BCUT2D eigenvalue weighted by Gasteiger charge is -1.92. The van der Waals surface area contributed by atoms with E-state index in [0.29, 0.717) is 5.92 Å². The van der Waals surface area contributed by atoms with Gasteiger partial charge in [-0.3, -0.25) is 4.79 Å². The first-order valence-corrected chi connectivity index (χ1v) is 3.53. The van der Waals surface area contributed by atoms with Gasteiger partial charge in [0.15, 0.2) is 5.78 Å². The van der Waals surface area contributed by atoms with E-state index in [0.717, 1.165) is 0 Å². The molecule has 1 saturated carbocycles. The van der Waals surface area contributed by atoms with Crippen molar-refractivity contribution >= 4 is 5.78 Å². The van der Waals surface area contributed by atoms with Crippen molar-refractivity contribution in [2.45, 2.75) is 6.42 Å². The van der Waals surface area contributed by atoms with E-state index in [4.69, 9.17) is 0 Å². The Morgan fingerprint density at radius 3 is 3.00 bits per heavy atom. The largest absolute Gasteiger partial charge is 0.290 e. The summed E-state index contributed by atoms with van der Waals surface area (Å²) in [5.41, 5.74) is 3.97. The third-order valence-electron chi connectivity index (χ3n) is 2.37. The Kier molecular flexibility index (Phi) is 0.546. The summed E-state index contributed by atoms with van der Waals surface area (Å²) >= 11 is 0. The molecule has 3 aliphatic rings. The van der Waals surface area contributed by atoms with Crippen molar-refractivity contribution in [2.24, 2.45) is 5.92 Å². The maximum absolute atomic E-state index is 10.8. The fourth-order valence-electron chi connectivity index (χ4n) is 1.79. The normalized spacial score (nSPS) is 32.6. The Hall–Kier alpha value is -1.11. The minimum Gasteiger partial charge on any atom is -0.290 e. The number of carbonyl (C=O) groups excluding carboxylic acids is 1. The van der Waals surface area contributed by atoms with Crippen LogP contribution in [0.5, 0.6) is 0 Å². The molecule has 0 heterocycles. The number of ketones is 1. The quantitative estimate of drug-likeness (QED) is 0.484. The molecule has 0 amide bonds. The van der Waals surface area contributed by atoms with Gasteiger partial charge in [-0.05, 0) is 29.7 Å². The maximum atomic E-state index is 10.8. The van der Waals surface area contributed by atoms with Gasteiger partial charge in [0.1, 0.15) is 0 Å². The summed E-state index contributed by atoms with van der Waals surface area (Å²) in [4.78, 5) is 10.8. The van der Waals surface area contributed by atoms with Crippen LogP contribution in [0.25, 0.3) is 0 Å². The van der Waals surface area contributed by atoms with E-state index in [1.54, 1.807) is 12.2 Å². The monoisotopic (exact) mass is 130 g/mol. The SMILES string of the molecule is O=C1C=C2C=C3CC3C2=C1. The van der Waals surface area contributed by atoms with Gasteiger partial charge in [-0.25, -0.2) is 0 Å². The van der Waals surface area contributed by atoms with Crippen LogP contribution < -0.4 is 0 Å². The Balaban J connectivity index is 2.26. The maximum Gasteiger partial charge on any atom is 0.179 e. The highest BCUT2D eigenvalue weighted by Gasteiger charge is 2.41. The van der Waals surface area contributed by atoms with Crippen LogP contribution in [0.4, 0.5) is 0 Å². The Bertz CT molecular complexity index is 329. The van der Waals surface area contributed by atoms with Crippen molar-refractivity contribution in [2.75, 3.05) is 0 Å². The highest BCUT2D eigenvalue weighted by Crippen LogP contribution is 2.53. The van der Waals surface area contributed by atoms with E-state index in [9.17, 15) is 4.79 Å². The lowest BCUT2D eigenvalue weighted by molar-refractivity contribution is -0.110. The van der Waals surface area contributed by atoms with Crippen LogP contribution in [0.1, 0.15) is 6.42 Å². The number of hydrogen-bond acceptors (Lipinski definition) is 1. The second kappa shape index (κ2) is 1.17. The summed E-state index contributed by atoms with van der Waals surface area (Å²) in [6.07, 6.45) is 6.86. The van der Waals surface area contributed by atoms with Gasteiger partial charge in [-0.15, -0.1) is 0 Å². The van der Waals surface area contributed by atoms with Gasteiger partial charge in [-0.1, -0.05) is 11.6 Å². The van der Waals surface area contributed by atoms with Gasteiger partial charge < -0.3 is 0 Å². The molecular weight excluding hydrogens is 124 g/mol. The molecule has 0 aromatic heterocycles. The third kappa shape index (κ3) is 0.386. The van der Waals surface area contributed by atoms with E-state index in [1.165, 1.54) is 23.1 Å². The first kappa shape index (κ1) is 4.67. The van der Waals surface area contributed by atoms with Gasteiger partial charge in [0, 0.05) is 5.92 Å². The lowest BCUT2D eigenvalue weighted by atomic mass is 10.1. The van der Waals surface area contributed by atoms with Crippen molar-refractivity contribution in [3.8, 4) is 0 Å². The topological polar surface area (TPSA) is 17.1 Å². The van der Waals surface area contributed by atoms with Crippen molar-refractivity contribution in [3.63, 3.8) is 0 Å². The minimum atomic E-state index is 0.173. The van der Waals surface area contributed by atoms with E-state index in [1.807, 2.05) is 0 Å². The molecule has 1 unspecified atom stereocenters. The number of rotatable bonds is 0. The molecule has 10 heavy (non-hydrogen) atoms. The average molecular weight is 130 g/mol. The molecule has 0 saturated heterocycles. The highest BCUT2D eigenvalue weighted by atomic mass is 16.1. The smallest absolute Gasteiger partial charge is 0.179 e. The van der Waals surface area contributed by atoms with Crippen molar-refractivity contribution in [1.29, 1.82) is 0 Å². The van der Waals surface area contributed by atoms with E-state index in [2.05, 4.69) is 6.08 Å². The summed E-state index contributed by atoms with van der Waals surface area (Å²) in [5.74, 6) is 0.824. The average Bonchev–Trinajstić information content (AvgIpc) is 2.40. The van der Waals surface area contributed by atoms with E-state index < -0.39 is 0 Å². The van der Waals surface area contributed by atoms with Crippen molar-refractivity contribution < 1.29 is 4.79 Å². The molecule has 0 bridgehead atoms. The zero-order chi connectivity index (χ0) is 6.72. The molecule has 0 spiro atoms. The second-order valence-corrected chi connectivity index (χ2v) is 3.08. The zero-order valence-electron chi connectivity index (χ0n) is 5.42. The van der Waals surface area contributed by atoms with Gasteiger partial charge >= 0.3 is 0 Å². The van der Waals surface area contributed by atoms with Gasteiger partial charge in [0.2, 0.25) is 0 Å².